The summed E-state index contributed by atoms with van der Waals surface area (Å²) in [6.07, 6.45) is 3.33. The van der Waals surface area contributed by atoms with E-state index in [1.54, 1.807) is 13.8 Å². The summed E-state index contributed by atoms with van der Waals surface area (Å²) in [6, 6.07) is 0. The van der Waals surface area contributed by atoms with Crippen molar-refractivity contribution in [3.05, 3.63) is 0 Å². The van der Waals surface area contributed by atoms with Crippen molar-refractivity contribution >= 4 is 16.3 Å². The fourth-order valence-electron chi connectivity index (χ4n) is 0.505. The molecule has 0 aromatic heterocycles. The van der Waals surface area contributed by atoms with Crippen LogP contribution in [0.3, 0.4) is 0 Å². The largest absolute Gasteiger partial charge is 0.509 e. The predicted molar refractivity (Wildman–Crippen MR) is 51.3 cm³/mol. The van der Waals surface area contributed by atoms with Gasteiger partial charge in [-0.3, -0.25) is 4.18 Å². The van der Waals surface area contributed by atoms with Crippen LogP contribution in [0.5, 0.6) is 0 Å². The van der Waals surface area contributed by atoms with Gasteiger partial charge in [0.2, 0.25) is 5.94 Å². The van der Waals surface area contributed by atoms with Crippen molar-refractivity contribution in [3.8, 4) is 12.3 Å². The van der Waals surface area contributed by atoms with E-state index in [1.807, 2.05) is 5.92 Å². The van der Waals surface area contributed by atoms with Gasteiger partial charge < -0.3 is 9.47 Å². The summed E-state index contributed by atoms with van der Waals surface area (Å²) in [6.45, 7) is 2.81. The van der Waals surface area contributed by atoms with E-state index in [4.69, 9.17) is 6.42 Å². The van der Waals surface area contributed by atoms with E-state index in [0.717, 1.165) is 0 Å². The highest BCUT2D eigenvalue weighted by Gasteiger charge is 2.15. The minimum absolute atomic E-state index is 0.383. The SMILES string of the molecule is C#CCOS(=O)(=O)COC(=O)OC(C)C. The van der Waals surface area contributed by atoms with Crippen molar-refractivity contribution in [1.82, 2.24) is 0 Å². The molecule has 0 aliphatic heterocycles. The average Bonchev–Trinajstić information content (AvgIpc) is 2.11. The summed E-state index contributed by atoms with van der Waals surface area (Å²) in [5, 5.41) is 0. The second-order valence-electron chi connectivity index (χ2n) is 2.70. The Morgan fingerprint density at radius 2 is 2.07 bits per heavy atom. The number of hydrogen-bond donors (Lipinski definition) is 0. The number of hydrogen-bond acceptors (Lipinski definition) is 6. The highest BCUT2D eigenvalue weighted by Crippen LogP contribution is 1.98. The Labute approximate surface area is 88.6 Å². The fraction of sp³-hybridized carbons (Fsp3) is 0.625. The number of rotatable bonds is 5. The van der Waals surface area contributed by atoms with Crippen LogP contribution in [-0.2, 0) is 23.8 Å². The molecule has 0 saturated heterocycles. The van der Waals surface area contributed by atoms with Crippen molar-refractivity contribution in [2.45, 2.75) is 20.0 Å². The smallest absolute Gasteiger partial charge is 0.432 e. The van der Waals surface area contributed by atoms with Crippen molar-refractivity contribution in [3.63, 3.8) is 0 Å². The monoisotopic (exact) mass is 236 g/mol. The Balaban J connectivity index is 3.95. The third kappa shape index (κ3) is 7.78. The first-order valence-electron chi connectivity index (χ1n) is 4.01. The van der Waals surface area contributed by atoms with Gasteiger partial charge in [-0.2, -0.15) is 8.42 Å². The fourth-order valence-corrected chi connectivity index (χ4v) is 1.06. The van der Waals surface area contributed by atoms with Crippen molar-refractivity contribution in [2.24, 2.45) is 0 Å². The molecule has 0 atom stereocenters. The number of carbonyl (C=O) groups is 1. The van der Waals surface area contributed by atoms with E-state index in [0.29, 0.717) is 0 Å². The first-order valence-corrected chi connectivity index (χ1v) is 5.59. The lowest BCUT2D eigenvalue weighted by Crippen LogP contribution is -2.19. The molecule has 0 unspecified atom stereocenters. The normalized spacial score (nSPS) is 10.8. The van der Waals surface area contributed by atoms with E-state index in [2.05, 4.69) is 13.7 Å². The van der Waals surface area contributed by atoms with Gasteiger partial charge in [-0.25, -0.2) is 4.79 Å². The maximum absolute atomic E-state index is 10.9. The maximum Gasteiger partial charge on any atom is 0.509 e. The van der Waals surface area contributed by atoms with E-state index < -0.39 is 28.8 Å². The molecule has 0 radical (unpaired) electrons. The van der Waals surface area contributed by atoms with Crippen LogP contribution in [0, 0.1) is 12.3 Å². The van der Waals surface area contributed by atoms with Gasteiger partial charge in [0.05, 0.1) is 6.10 Å². The van der Waals surface area contributed by atoms with Gasteiger partial charge in [0.15, 0.2) is 0 Å². The lowest BCUT2D eigenvalue weighted by molar-refractivity contribution is 0.0434. The topological polar surface area (TPSA) is 78.9 Å². The van der Waals surface area contributed by atoms with Gasteiger partial charge in [-0.1, -0.05) is 5.92 Å². The van der Waals surface area contributed by atoms with Gasteiger partial charge in [-0.15, -0.1) is 6.42 Å². The molecule has 0 aliphatic carbocycles. The van der Waals surface area contributed by atoms with Crippen LogP contribution in [0.25, 0.3) is 0 Å². The predicted octanol–water partition coefficient (Wildman–Crippen LogP) is 0.485. The van der Waals surface area contributed by atoms with Gasteiger partial charge in [0.25, 0.3) is 0 Å². The molecule has 0 aromatic carbocycles. The van der Waals surface area contributed by atoms with Crippen LogP contribution in [0.2, 0.25) is 0 Å². The Bertz CT molecular complexity index is 337. The molecule has 15 heavy (non-hydrogen) atoms. The molecule has 0 spiro atoms. The molecule has 0 aromatic rings. The number of carbonyl (C=O) groups excluding carboxylic acids is 1. The van der Waals surface area contributed by atoms with Crippen LogP contribution in [0.4, 0.5) is 4.79 Å². The highest BCUT2D eigenvalue weighted by atomic mass is 32.2. The van der Waals surface area contributed by atoms with E-state index in [1.165, 1.54) is 0 Å². The van der Waals surface area contributed by atoms with Crippen LogP contribution in [0.1, 0.15) is 13.8 Å². The summed E-state index contributed by atoms with van der Waals surface area (Å²) in [4.78, 5) is 10.8. The molecule has 0 heterocycles. The molecule has 0 bridgehead atoms. The van der Waals surface area contributed by atoms with Gasteiger partial charge in [0.1, 0.15) is 6.61 Å². The second kappa shape index (κ2) is 6.27. The molecule has 6 nitrogen and oxygen atoms in total. The van der Waals surface area contributed by atoms with Gasteiger partial charge in [-0.05, 0) is 13.8 Å². The van der Waals surface area contributed by atoms with E-state index in [9.17, 15) is 13.2 Å². The molecule has 86 valence electrons. The zero-order valence-corrected chi connectivity index (χ0v) is 9.24. The summed E-state index contributed by atoms with van der Waals surface area (Å²) >= 11 is 0. The minimum Gasteiger partial charge on any atom is -0.432 e. The van der Waals surface area contributed by atoms with Crippen LogP contribution >= 0.6 is 0 Å². The third-order valence-corrected chi connectivity index (χ3v) is 1.86. The van der Waals surface area contributed by atoms with Crippen LogP contribution < -0.4 is 0 Å². The van der Waals surface area contributed by atoms with Crippen LogP contribution in [-0.4, -0.2) is 33.2 Å². The van der Waals surface area contributed by atoms with Gasteiger partial charge in [0, 0.05) is 0 Å². The highest BCUT2D eigenvalue weighted by molar-refractivity contribution is 7.86. The molecule has 0 rings (SSSR count). The summed E-state index contributed by atoms with van der Waals surface area (Å²) in [5.74, 6) is 1.05. The molecule has 0 N–H and O–H groups in total. The molecule has 0 aliphatic rings. The van der Waals surface area contributed by atoms with Crippen LogP contribution in [0.15, 0.2) is 0 Å². The van der Waals surface area contributed by atoms with Crippen molar-refractivity contribution in [2.75, 3.05) is 12.5 Å². The van der Waals surface area contributed by atoms with E-state index >= 15 is 0 Å². The molecule has 7 heteroatoms. The molecular formula is C8H12O6S. The number of ether oxygens (including phenoxy) is 2. The molecule has 0 saturated carbocycles. The zero-order chi connectivity index (χ0) is 11.9. The Hall–Kier alpha value is -1.26. The number of terminal acetylenes is 1. The lowest BCUT2D eigenvalue weighted by Gasteiger charge is -2.08. The van der Waals surface area contributed by atoms with E-state index in [-0.39, 0.29) is 6.10 Å². The Morgan fingerprint density at radius 3 is 2.53 bits per heavy atom. The average molecular weight is 236 g/mol. The lowest BCUT2D eigenvalue weighted by atomic mass is 10.5. The van der Waals surface area contributed by atoms with Gasteiger partial charge >= 0.3 is 16.3 Å². The summed E-state index contributed by atoms with van der Waals surface area (Å²) < 4.78 is 34.9. The molecule has 0 amide bonds. The first-order chi connectivity index (χ1) is 6.87. The maximum atomic E-state index is 10.9. The molecule has 0 fully saturated rings. The Morgan fingerprint density at radius 1 is 1.47 bits per heavy atom. The second-order valence-corrected chi connectivity index (χ2v) is 4.29. The first kappa shape index (κ1) is 13.7. The summed E-state index contributed by atoms with van der Waals surface area (Å²) in [5.41, 5.74) is 0. The zero-order valence-electron chi connectivity index (χ0n) is 8.43. The Kier molecular flexibility index (Phi) is 5.74. The standard InChI is InChI=1S/C8H12O6S/c1-4-5-13-15(10,11)6-12-8(9)14-7(2)3/h1,7H,5-6H2,2-3H3. The third-order valence-electron chi connectivity index (χ3n) is 0.975. The summed E-state index contributed by atoms with van der Waals surface area (Å²) in [7, 11) is -3.94. The molecular weight excluding hydrogens is 224 g/mol. The van der Waals surface area contributed by atoms with Crippen molar-refractivity contribution in [1.29, 1.82) is 0 Å². The minimum atomic E-state index is -3.94. The quantitative estimate of drug-likeness (QED) is 0.392. The van der Waals surface area contributed by atoms with Crippen molar-refractivity contribution < 1.29 is 26.9 Å².